The van der Waals surface area contributed by atoms with E-state index in [1.165, 1.54) is 18.2 Å². The molecule has 0 aliphatic heterocycles. The van der Waals surface area contributed by atoms with Crippen molar-refractivity contribution in [1.82, 2.24) is 0 Å². The quantitative estimate of drug-likeness (QED) is 0.614. The number of nitrogens with zero attached hydrogens (tertiary/aromatic N) is 1. The number of nitro groups is 1. The predicted molar refractivity (Wildman–Crippen MR) is 49.6 cm³/mol. The summed E-state index contributed by atoms with van der Waals surface area (Å²) in [6.45, 7) is 0. The third-order valence-corrected chi connectivity index (χ3v) is 1.63. The Kier molecular flexibility index (Phi) is 6.08. The third kappa shape index (κ3) is 3.37. The summed E-state index contributed by atoms with van der Waals surface area (Å²) in [7, 11) is 0. The van der Waals surface area contributed by atoms with Crippen LogP contribution in [0.5, 0.6) is 5.75 Å². The van der Waals surface area contributed by atoms with Gasteiger partial charge in [0.05, 0.1) is 4.92 Å². The zero-order valence-electron chi connectivity index (χ0n) is 5.32. The van der Waals surface area contributed by atoms with Crippen LogP contribution in [0.4, 0.5) is 5.69 Å². The van der Waals surface area contributed by atoms with Crippen molar-refractivity contribution >= 4 is 90.5 Å². The molecule has 0 spiro atoms. The van der Waals surface area contributed by atoms with E-state index in [1.807, 2.05) is 0 Å². The van der Waals surface area contributed by atoms with Crippen LogP contribution < -0.4 is 0 Å². The molecule has 0 unspecified atom stereocenters. The van der Waals surface area contributed by atoms with E-state index in [9.17, 15) is 10.1 Å². The maximum atomic E-state index is 10.2. The molecular weight excluding hydrogens is 347 g/mol. The number of rotatable bonds is 1. The number of benzene rings is 1. The van der Waals surface area contributed by atoms with Gasteiger partial charge in [0.1, 0.15) is 0 Å². The molecule has 1 N–H and O–H groups in total. The number of phenols is 1. The number of hydrogen-bond donors (Lipinski definition) is 1. The van der Waals surface area contributed by atoms with E-state index in [2.05, 4.69) is 15.9 Å². The third-order valence-electron chi connectivity index (χ3n) is 1.13. The summed E-state index contributed by atoms with van der Waals surface area (Å²) in [6.07, 6.45) is 0. The zero-order chi connectivity index (χ0) is 8.43. The normalized spacial score (nSPS) is 8.75. The molecule has 0 saturated carbocycles. The van der Waals surface area contributed by atoms with Crippen molar-refractivity contribution in [2.24, 2.45) is 0 Å². The van der Waals surface area contributed by atoms with Gasteiger partial charge in [-0.05, 0) is 6.07 Å². The Hall–Kier alpha value is 0.952. The average molecular weight is 352 g/mol. The molecule has 0 heterocycles. The van der Waals surface area contributed by atoms with Crippen LogP contribution in [0.3, 0.4) is 0 Å². The van der Waals surface area contributed by atoms with Crippen LogP contribution in [-0.2, 0) is 0 Å². The summed E-state index contributed by atoms with van der Waals surface area (Å²) in [6, 6.07) is 4.01. The summed E-state index contributed by atoms with van der Waals surface area (Å²) in [5, 5.41) is 19.2. The topological polar surface area (TPSA) is 63.4 Å². The molecule has 0 amide bonds. The first-order valence-corrected chi connectivity index (χ1v) is 3.53. The molecular formula is C6H5BrCsNO3. The molecule has 0 radical (unpaired) electrons. The summed E-state index contributed by atoms with van der Waals surface area (Å²) >= 11 is 3.06. The number of hydrogen-bond acceptors (Lipinski definition) is 3. The Labute approximate surface area is 136 Å². The van der Waals surface area contributed by atoms with Crippen molar-refractivity contribution in [3.63, 3.8) is 0 Å². The molecule has 1 rings (SSSR count). The molecule has 60 valence electrons. The van der Waals surface area contributed by atoms with Crippen molar-refractivity contribution < 1.29 is 10.0 Å². The Balaban J connectivity index is 0.00000121. The molecule has 0 fully saturated rings. The second-order valence-electron chi connectivity index (χ2n) is 1.89. The number of aromatic hydroxyl groups is 1. The van der Waals surface area contributed by atoms with Crippen LogP contribution in [-0.4, -0.2) is 78.9 Å². The Bertz CT molecular complexity index is 305. The monoisotopic (exact) mass is 351 g/mol. The second-order valence-corrected chi connectivity index (χ2v) is 2.81. The van der Waals surface area contributed by atoms with Gasteiger partial charge in [0.2, 0.25) is 0 Å². The average Bonchev–Trinajstić information content (AvgIpc) is 1.85. The Morgan fingerprint density at radius 2 is 2.08 bits per heavy atom. The SMILES string of the molecule is O=[N+]([O-])c1ccc(Br)cc1O.[CsH]. The molecule has 0 bridgehead atoms. The van der Waals surface area contributed by atoms with Gasteiger partial charge in [0.15, 0.2) is 5.75 Å². The number of nitro benzene ring substituents is 1. The maximum absolute atomic E-state index is 10.2. The van der Waals surface area contributed by atoms with Gasteiger partial charge in [-0.1, -0.05) is 15.9 Å². The Morgan fingerprint density at radius 1 is 1.50 bits per heavy atom. The molecule has 1 aromatic rings. The van der Waals surface area contributed by atoms with E-state index in [0.29, 0.717) is 4.47 Å². The van der Waals surface area contributed by atoms with Crippen LogP contribution in [0.1, 0.15) is 0 Å². The van der Waals surface area contributed by atoms with E-state index in [-0.39, 0.29) is 80.3 Å². The van der Waals surface area contributed by atoms with E-state index < -0.39 is 4.92 Å². The van der Waals surface area contributed by atoms with E-state index >= 15 is 0 Å². The predicted octanol–water partition coefficient (Wildman–Crippen LogP) is 1.41. The number of phenolic OH excluding ortho intramolecular Hbond substituents is 1. The van der Waals surface area contributed by atoms with Gasteiger partial charge < -0.3 is 5.11 Å². The molecule has 0 aliphatic carbocycles. The molecule has 12 heavy (non-hydrogen) atoms. The molecule has 0 aromatic heterocycles. The van der Waals surface area contributed by atoms with Crippen LogP contribution in [0.2, 0.25) is 0 Å². The van der Waals surface area contributed by atoms with Crippen LogP contribution in [0.25, 0.3) is 0 Å². The fraction of sp³-hybridized carbons (Fsp3) is 0. The zero-order valence-corrected chi connectivity index (χ0v) is 6.91. The fourth-order valence-corrected chi connectivity index (χ4v) is 1.000. The van der Waals surface area contributed by atoms with Gasteiger partial charge in [0.25, 0.3) is 0 Å². The van der Waals surface area contributed by atoms with Crippen molar-refractivity contribution in [2.75, 3.05) is 0 Å². The van der Waals surface area contributed by atoms with E-state index in [0.717, 1.165) is 0 Å². The standard InChI is InChI=1S/C6H4BrNO3.Cs.H/c7-4-1-2-5(8(10)11)6(9)3-4;;/h1-3,9H;;. The fourth-order valence-electron chi connectivity index (χ4n) is 0.651. The summed E-state index contributed by atoms with van der Waals surface area (Å²) in [4.78, 5) is 9.53. The molecule has 4 nitrogen and oxygen atoms in total. The molecule has 1 aromatic carbocycles. The molecule has 0 saturated heterocycles. The first-order chi connectivity index (χ1) is 5.11. The van der Waals surface area contributed by atoms with Gasteiger partial charge in [-0.2, -0.15) is 0 Å². The van der Waals surface area contributed by atoms with Crippen LogP contribution in [0, 0.1) is 10.1 Å². The van der Waals surface area contributed by atoms with Gasteiger partial charge in [-0.3, -0.25) is 10.1 Å². The van der Waals surface area contributed by atoms with Gasteiger partial charge in [-0.25, -0.2) is 0 Å². The Morgan fingerprint density at radius 3 is 2.50 bits per heavy atom. The molecule has 0 atom stereocenters. The summed E-state index contributed by atoms with van der Waals surface area (Å²) in [5.74, 6) is -0.329. The van der Waals surface area contributed by atoms with Crippen molar-refractivity contribution in [3.05, 3.63) is 32.8 Å². The minimum absolute atomic E-state index is 0. The van der Waals surface area contributed by atoms with Gasteiger partial charge >= 0.3 is 74.6 Å². The first-order valence-electron chi connectivity index (χ1n) is 2.74. The van der Waals surface area contributed by atoms with E-state index in [1.54, 1.807) is 0 Å². The van der Waals surface area contributed by atoms with Crippen LogP contribution >= 0.6 is 15.9 Å². The summed E-state index contributed by atoms with van der Waals surface area (Å²) in [5.41, 5.74) is -0.284. The van der Waals surface area contributed by atoms with Gasteiger partial charge in [0, 0.05) is 16.6 Å². The molecule has 0 aliphatic rings. The van der Waals surface area contributed by atoms with Crippen molar-refractivity contribution in [3.8, 4) is 5.75 Å². The first kappa shape index (κ1) is 13.0. The molecule has 6 heteroatoms. The number of halogens is 1. The summed E-state index contributed by atoms with van der Waals surface area (Å²) < 4.78 is 0.612. The van der Waals surface area contributed by atoms with Crippen molar-refractivity contribution in [1.29, 1.82) is 0 Å². The van der Waals surface area contributed by atoms with Crippen molar-refractivity contribution in [2.45, 2.75) is 0 Å². The van der Waals surface area contributed by atoms with Gasteiger partial charge in [-0.15, -0.1) is 0 Å². The minimum atomic E-state index is -0.637. The van der Waals surface area contributed by atoms with E-state index in [4.69, 9.17) is 5.11 Å². The second kappa shape index (κ2) is 5.63. The van der Waals surface area contributed by atoms with Crippen LogP contribution in [0.15, 0.2) is 22.7 Å².